The Balaban J connectivity index is 2.37. The van der Waals surface area contributed by atoms with Crippen LogP contribution in [0.1, 0.15) is 0 Å². The first-order chi connectivity index (χ1) is 4.47. The van der Waals surface area contributed by atoms with E-state index in [4.69, 9.17) is 0 Å². The Morgan fingerprint density at radius 2 is 2.56 bits per heavy atom. The molecule has 0 aromatic rings. The molecule has 0 aliphatic carbocycles. The van der Waals surface area contributed by atoms with Gasteiger partial charge in [-0.05, 0) is 17.6 Å². The highest BCUT2D eigenvalue weighted by molar-refractivity contribution is 8.10. The highest BCUT2D eigenvalue weighted by Gasteiger charge is 2.12. The molecule has 0 bridgehead atoms. The lowest BCUT2D eigenvalue weighted by Gasteiger charge is -2.01. The average molecular weight is 153 g/mol. The van der Waals surface area contributed by atoms with E-state index >= 15 is 0 Å². The molecule has 0 N–H and O–H groups in total. The highest BCUT2D eigenvalue weighted by atomic mass is 32.2. The first-order valence-electron chi connectivity index (χ1n) is 2.75. The molecule has 2 heteroatoms. The predicted octanol–water partition coefficient (Wildman–Crippen LogP) is 2.56. The molecular formula is C7H5S2. The van der Waals surface area contributed by atoms with Crippen molar-refractivity contribution in [2.45, 2.75) is 0 Å². The van der Waals surface area contributed by atoms with Crippen molar-refractivity contribution in [3.05, 3.63) is 33.4 Å². The van der Waals surface area contributed by atoms with Crippen molar-refractivity contribution in [2.24, 2.45) is 0 Å². The van der Waals surface area contributed by atoms with Gasteiger partial charge in [0.1, 0.15) is 0 Å². The summed E-state index contributed by atoms with van der Waals surface area (Å²) in [6, 6.07) is 0. The van der Waals surface area contributed by atoms with E-state index < -0.39 is 0 Å². The van der Waals surface area contributed by atoms with Crippen LogP contribution in [0.5, 0.6) is 0 Å². The topological polar surface area (TPSA) is 0 Å². The van der Waals surface area contributed by atoms with Gasteiger partial charge in [0.05, 0.1) is 0 Å². The third kappa shape index (κ3) is 0.970. The molecule has 0 aromatic heterocycles. The summed E-state index contributed by atoms with van der Waals surface area (Å²) in [5, 5.41) is 2.07. The monoisotopic (exact) mass is 153 g/mol. The van der Waals surface area contributed by atoms with Crippen molar-refractivity contribution in [3.8, 4) is 0 Å². The van der Waals surface area contributed by atoms with Gasteiger partial charge in [0.25, 0.3) is 0 Å². The summed E-state index contributed by atoms with van der Waals surface area (Å²) in [6.07, 6.45) is 7.42. The Kier molecular flexibility index (Phi) is 1.44. The van der Waals surface area contributed by atoms with E-state index in [0.29, 0.717) is 0 Å². The van der Waals surface area contributed by atoms with E-state index in [1.807, 2.05) is 17.8 Å². The summed E-state index contributed by atoms with van der Waals surface area (Å²) in [5.74, 6) is 1.13. The first-order valence-corrected chi connectivity index (χ1v) is 4.62. The predicted molar refractivity (Wildman–Crippen MR) is 44.0 cm³/mol. The zero-order valence-electron chi connectivity index (χ0n) is 4.76. The van der Waals surface area contributed by atoms with E-state index in [1.54, 1.807) is 11.8 Å². The minimum Gasteiger partial charge on any atom is -0.120 e. The number of allylic oxidation sites excluding steroid dienone is 2. The summed E-state index contributed by atoms with van der Waals surface area (Å²) in [4.78, 5) is 2.71. The van der Waals surface area contributed by atoms with E-state index in [9.17, 15) is 0 Å². The van der Waals surface area contributed by atoms with Gasteiger partial charge >= 0.3 is 0 Å². The summed E-state index contributed by atoms with van der Waals surface area (Å²) in [6.45, 7) is 0. The van der Waals surface area contributed by atoms with Crippen LogP contribution in [0.3, 0.4) is 0 Å². The molecule has 2 aliphatic rings. The second-order valence-electron chi connectivity index (χ2n) is 1.77. The molecule has 0 spiro atoms. The van der Waals surface area contributed by atoms with Gasteiger partial charge in [-0.15, -0.1) is 11.8 Å². The number of hydrogen-bond acceptors (Lipinski definition) is 2. The minimum absolute atomic E-state index is 1.13. The fourth-order valence-electron chi connectivity index (χ4n) is 0.796. The Morgan fingerprint density at radius 1 is 1.56 bits per heavy atom. The van der Waals surface area contributed by atoms with Gasteiger partial charge in [-0.2, -0.15) is 0 Å². The second-order valence-corrected chi connectivity index (χ2v) is 3.75. The molecule has 0 saturated carbocycles. The molecule has 0 fully saturated rings. The Bertz CT molecular complexity index is 211. The number of rotatable bonds is 0. The maximum atomic E-state index is 3.19. The summed E-state index contributed by atoms with van der Waals surface area (Å²) >= 11 is 3.66. The molecule has 0 atom stereocenters. The van der Waals surface area contributed by atoms with Crippen molar-refractivity contribution >= 4 is 23.5 Å². The van der Waals surface area contributed by atoms with Crippen molar-refractivity contribution in [3.63, 3.8) is 0 Å². The Labute approximate surface area is 63.1 Å². The molecule has 0 aromatic carbocycles. The zero-order valence-corrected chi connectivity index (χ0v) is 6.39. The highest BCUT2D eigenvalue weighted by Crippen LogP contribution is 2.40. The standard InChI is InChI=1S/C7H5S2/c1-2-6-7(8-4-1)3-5-9-6/h1,3-4H,5H2. The zero-order chi connectivity index (χ0) is 6.10. The van der Waals surface area contributed by atoms with Gasteiger partial charge in [0.2, 0.25) is 0 Å². The molecule has 2 aliphatic heterocycles. The van der Waals surface area contributed by atoms with E-state index in [1.165, 1.54) is 9.81 Å². The number of thioether (sulfide) groups is 2. The fourth-order valence-corrected chi connectivity index (χ4v) is 2.64. The maximum Gasteiger partial charge on any atom is 0.0291 e. The van der Waals surface area contributed by atoms with Crippen LogP contribution in [-0.4, -0.2) is 5.75 Å². The maximum absolute atomic E-state index is 3.19. The number of hydrogen-bond donors (Lipinski definition) is 0. The van der Waals surface area contributed by atoms with Crippen LogP contribution in [0.2, 0.25) is 0 Å². The van der Waals surface area contributed by atoms with Crippen molar-refractivity contribution in [1.29, 1.82) is 0 Å². The van der Waals surface area contributed by atoms with Crippen LogP contribution < -0.4 is 0 Å². The molecule has 45 valence electrons. The molecule has 0 amide bonds. The van der Waals surface area contributed by atoms with Crippen molar-refractivity contribution < 1.29 is 0 Å². The van der Waals surface area contributed by atoms with Gasteiger partial charge in [-0.25, -0.2) is 0 Å². The van der Waals surface area contributed by atoms with Crippen LogP contribution in [0.4, 0.5) is 0 Å². The lowest BCUT2D eigenvalue weighted by atomic mass is 10.4. The van der Waals surface area contributed by atoms with Crippen molar-refractivity contribution in [1.82, 2.24) is 0 Å². The Morgan fingerprint density at radius 3 is 3.44 bits per heavy atom. The Hall–Kier alpha value is -0.0800. The molecular weight excluding hydrogens is 148 g/mol. The summed E-state index contributed by atoms with van der Waals surface area (Å²) in [5.41, 5.74) is 0. The average Bonchev–Trinajstić information content (AvgIpc) is 2.33. The quantitative estimate of drug-likeness (QED) is 0.524. The second kappa shape index (κ2) is 2.27. The third-order valence-corrected chi connectivity index (χ3v) is 3.18. The molecule has 1 radical (unpaired) electrons. The lowest BCUT2D eigenvalue weighted by molar-refractivity contribution is 1.74. The van der Waals surface area contributed by atoms with Crippen LogP contribution >= 0.6 is 23.5 Å². The van der Waals surface area contributed by atoms with E-state index in [0.717, 1.165) is 5.75 Å². The third-order valence-electron chi connectivity index (χ3n) is 1.20. The normalized spacial score (nSPS) is 23.1. The van der Waals surface area contributed by atoms with Gasteiger partial charge in [0, 0.05) is 15.6 Å². The molecule has 2 rings (SSSR count). The molecule has 9 heavy (non-hydrogen) atoms. The molecule has 0 unspecified atom stereocenters. The molecule has 2 heterocycles. The van der Waals surface area contributed by atoms with Gasteiger partial charge in [-0.3, -0.25) is 0 Å². The van der Waals surface area contributed by atoms with E-state index in [2.05, 4.69) is 17.6 Å². The first kappa shape index (κ1) is 5.69. The van der Waals surface area contributed by atoms with Gasteiger partial charge in [0.15, 0.2) is 0 Å². The van der Waals surface area contributed by atoms with Crippen molar-refractivity contribution in [2.75, 3.05) is 5.75 Å². The molecule has 0 nitrogen and oxygen atoms in total. The van der Waals surface area contributed by atoms with Gasteiger partial charge < -0.3 is 0 Å². The van der Waals surface area contributed by atoms with E-state index in [-0.39, 0.29) is 0 Å². The summed E-state index contributed by atoms with van der Waals surface area (Å²) < 4.78 is 0. The number of fused-ring (bicyclic) bond motifs is 1. The fraction of sp³-hybridized carbons (Fsp3) is 0.143. The SMILES string of the molecule is [C]1=C2SCC=C2SC=C1. The van der Waals surface area contributed by atoms with Crippen LogP contribution in [-0.2, 0) is 0 Å². The smallest absolute Gasteiger partial charge is 0.0291 e. The minimum atomic E-state index is 1.13. The molecule has 0 saturated heterocycles. The van der Waals surface area contributed by atoms with Crippen LogP contribution in [0, 0.1) is 6.08 Å². The lowest BCUT2D eigenvalue weighted by Crippen LogP contribution is -1.75. The summed E-state index contributed by atoms with van der Waals surface area (Å²) in [7, 11) is 0. The van der Waals surface area contributed by atoms with Crippen LogP contribution in [0.15, 0.2) is 27.4 Å². The van der Waals surface area contributed by atoms with Gasteiger partial charge in [-0.1, -0.05) is 17.8 Å². The van der Waals surface area contributed by atoms with Crippen LogP contribution in [0.25, 0.3) is 0 Å². The largest absolute Gasteiger partial charge is 0.120 e.